The summed E-state index contributed by atoms with van der Waals surface area (Å²) in [7, 11) is 3.95. The number of rotatable bonds is 7. The third kappa shape index (κ3) is 4.60. The molecule has 0 aliphatic carbocycles. The summed E-state index contributed by atoms with van der Waals surface area (Å²) in [5, 5.41) is 6.66. The first-order chi connectivity index (χ1) is 10.6. The Morgan fingerprint density at radius 2 is 2.14 bits per heavy atom. The van der Waals surface area contributed by atoms with Crippen molar-refractivity contribution < 1.29 is 14.1 Å². The van der Waals surface area contributed by atoms with Crippen LogP contribution in [0.15, 0.2) is 34.9 Å². The van der Waals surface area contributed by atoms with Gasteiger partial charge in [-0.3, -0.25) is 4.79 Å². The lowest BCUT2D eigenvalue weighted by molar-refractivity contribution is 0.0945. The van der Waals surface area contributed by atoms with E-state index in [0.717, 1.165) is 12.3 Å². The first-order valence-corrected chi connectivity index (χ1v) is 7.13. The molecule has 0 aliphatic rings. The maximum absolute atomic E-state index is 12.3. The number of nitrogens with zero attached hydrogens (tertiary/aromatic N) is 2. The summed E-state index contributed by atoms with van der Waals surface area (Å²) in [5.41, 5.74) is 1.21. The van der Waals surface area contributed by atoms with Crippen LogP contribution < -0.4 is 10.1 Å². The van der Waals surface area contributed by atoms with Crippen molar-refractivity contribution in [2.75, 3.05) is 27.2 Å². The van der Waals surface area contributed by atoms with Crippen molar-refractivity contribution in [2.24, 2.45) is 0 Å². The van der Waals surface area contributed by atoms with Gasteiger partial charge < -0.3 is 19.5 Å². The number of para-hydroxylation sites is 1. The van der Waals surface area contributed by atoms with E-state index in [1.807, 2.05) is 38.1 Å². The summed E-state index contributed by atoms with van der Waals surface area (Å²) in [6.07, 6.45) is 0. The van der Waals surface area contributed by atoms with Gasteiger partial charge in [0, 0.05) is 12.6 Å². The number of likely N-dealkylation sites (N-methyl/N-ethyl adjacent to an activating group) is 1. The lowest BCUT2D eigenvalue weighted by Gasteiger charge is -2.13. The molecule has 1 heterocycles. The molecule has 0 spiro atoms. The highest BCUT2D eigenvalue weighted by molar-refractivity contribution is 5.96. The van der Waals surface area contributed by atoms with E-state index in [1.54, 1.807) is 18.2 Å². The van der Waals surface area contributed by atoms with Gasteiger partial charge in [0.15, 0.2) is 0 Å². The molecule has 0 aliphatic heterocycles. The van der Waals surface area contributed by atoms with Crippen LogP contribution in [0.4, 0.5) is 0 Å². The molecule has 1 aromatic heterocycles. The number of hydrogen-bond acceptors (Lipinski definition) is 5. The van der Waals surface area contributed by atoms with Crippen molar-refractivity contribution in [1.82, 2.24) is 15.4 Å². The maximum Gasteiger partial charge on any atom is 0.255 e. The van der Waals surface area contributed by atoms with Crippen LogP contribution in [-0.2, 0) is 6.54 Å². The Hall–Kier alpha value is -2.34. The average molecular weight is 303 g/mol. The van der Waals surface area contributed by atoms with E-state index in [1.165, 1.54) is 0 Å². The minimum absolute atomic E-state index is 0.193. The molecule has 0 radical (unpaired) electrons. The normalized spacial score (nSPS) is 10.7. The lowest BCUT2D eigenvalue weighted by Crippen LogP contribution is -2.24. The van der Waals surface area contributed by atoms with Crippen LogP contribution in [0.25, 0.3) is 0 Å². The van der Waals surface area contributed by atoms with Gasteiger partial charge in [-0.15, -0.1) is 0 Å². The van der Waals surface area contributed by atoms with Crippen molar-refractivity contribution in [3.63, 3.8) is 0 Å². The summed E-state index contributed by atoms with van der Waals surface area (Å²) >= 11 is 0. The molecular weight excluding hydrogens is 282 g/mol. The van der Waals surface area contributed by atoms with Crippen LogP contribution in [0.5, 0.6) is 5.75 Å². The average Bonchev–Trinajstić information content (AvgIpc) is 2.90. The molecule has 1 N–H and O–H groups in total. The number of nitrogens with one attached hydrogen (secondary N) is 1. The summed E-state index contributed by atoms with van der Waals surface area (Å²) < 4.78 is 10.7. The molecule has 118 valence electrons. The Kier molecular flexibility index (Phi) is 5.55. The van der Waals surface area contributed by atoms with E-state index in [9.17, 15) is 4.79 Å². The molecule has 2 aromatic rings. The number of aryl methyl sites for hydroxylation is 1. The van der Waals surface area contributed by atoms with E-state index < -0.39 is 0 Å². The van der Waals surface area contributed by atoms with Gasteiger partial charge in [-0.1, -0.05) is 17.3 Å². The van der Waals surface area contributed by atoms with Gasteiger partial charge in [0.25, 0.3) is 5.91 Å². The zero-order chi connectivity index (χ0) is 15.9. The smallest absolute Gasteiger partial charge is 0.255 e. The molecule has 0 bridgehead atoms. The predicted molar refractivity (Wildman–Crippen MR) is 82.9 cm³/mol. The molecule has 0 saturated heterocycles. The van der Waals surface area contributed by atoms with E-state index in [4.69, 9.17) is 9.26 Å². The molecule has 0 saturated carbocycles. The Morgan fingerprint density at radius 1 is 1.36 bits per heavy atom. The van der Waals surface area contributed by atoms with Gasteiger partial charge in [-0.2, -0.15) is 0 Å². The summed E-state index contributed by atoms with van der Waals surface area (Å²) in [6, 6.07) is 9.00. The molecule has 0 unspecified atom stereocenters. The topological polar surface area (TPSA) is 67.6 Å². The highest BCUT2D eigenvalue weighted by atomic mass is 16.5. The van der Waals surface area contributed by atoms with Gasteiger partial charge in [0.2, 0.25) is 0 Å². The number of carbonyl (C=O) groups is 1. The summed E-state index contributed by atoms with van der Waals surface area (Å²) in [6.45, 7) is 3.45. The third-order valence-corrected chi connectivity index (χ3v) is 3.03. The summed E-state index contributed by atoms with van der Waals surface area (Å²) in [4.78, 5) is 14.3. The number of amides is 1. The zero-order valence-corrected chi connectivity index (χ0v) is 13.1. The monoisotopic (exact) mass is 303 g/mol. The Bertz CT molecular complexity index is 623. The molecule has 2 rings (SSSR count). The van der Waals surface area contributed by atoms with Crippen molar-refractivity contribution in [3.05, 3.63) is 47.3 Å². The molecule has 1 aromatic carbocycles. The second kappa shape index (κ2) is 7.61. The molecular formula is C16H21N3O3. The molecule has 6 heteroatoms. The number of benzene rings is 1. The van der Waals surface area contributed by atoms with Crippen LogP contribution in [0, 0.1) is 6.92 Å². The Morgan fingerprint density at radius 3 is 2.82 bits per heavy atom. The predicted octanol–water partition coefficient (Wildman–Crippen LogP) is 1.85. The molecule has 0 atom stereocenters. The van der Waals surface area contributed by atoms with Gasteiger partial charge in [0.05, 0.1) is 12.1 Å². The minimum atomic E-state index is -0.193. The van der Waals surface area contributed by atoms with E-state index in [2.05, 4.69) is 10.5 Å². The van der Waals surface area contributed by atoms with Crippen molar-refractivity contribution in [2.45, 2.75) is 13.5 Å². The molecule has 6 nitrogen and oxygen atoms in total. The number of hydrogen-bond donors (Lipinski definition) is 1. The second-order valence-corrected chi connectivity index (χ2v) is 5.26. The van der Waals surface area contributed by atoms with Crippen molar-refractivity contribution in [1.29, 1.82) is 0 Å². The minimum Gasteiger partial charge on any atom is -0.491 e. The Labute approximate surface area is 130 Å². The largest absolute Gasteiger partial charge is 0.491 e. The standard InChI is InChI=1S/C16H21N3O3/c1-12-10-13(18-22-12)11-17-16(20)14-6-4-5-7-15(14)21-9-8-19(2)3/h4-7,10H,8-9,11H2,1-3H3,(H,17,20). The maximum atomic E-state index is 12.3. The van der Waals surface area contributed by atoms with Crippen molar-refractivity contribution in [3.8, 4) is 5.75 Å². The van der Waals surface area contributed by atoms with Crippen LogP contribution in [0.2, 0.25) is 0 Å². The van der Waals surface area contributed by atoms with Crippen LogP contribution in [-0.4, -0.2) is 43.2 Å². The quantitative estimate of drug-likeness (QED) is 0.845. The first kappa shape index (κ1) is 16.0. The molecule has 0 fully saturated rings. The third-order valence-electron chi connectivity index (χ3n) is 3.03. The first-order valence-electron chi connectivity index (χ1n) is 7.13. The van der Waals surface area contributed by atoms with E-state index in [-0.39, 0.29) is 5.91 Å². The van der Waals surface area contributed by atoms with E-state index >= 15 is 0 Å². The zero-order valence-electron chi connectivity index (χ0n) is 13.1. The highest BCUT2D eigenvalue weighted by Crippen LogP contribution is 2.18. The fourth-order valence-electron chi connectivity index (χ4n) is 1.89. The highest BCUT2D eigenvalue weighted by Gasteiger charge is 2.12. The van der Waals surface area contributed by atoms with Crippen LogP contribution in [0.3, 0.4) is 0 Å². The lowest BCUT2D eigenvalue weighted by atomic mass is 10.2. The van der Waals surface area contributed by atoms with Crippen molar-refractivity contribution >= 4 is 5.91 Å². The molecule has 22 heavy (non-hydrogen) atoms. The van der Waals surface area contributed by atoms with Gasteiger partial charge in [-0.25, -0.2) is 0 Å². The van der Waals surface area contributed by atoms with Crippen LogP contribution in [0.1, 0.15) is 21.8 Å². The van der Waals surface area contributed by atoms with E-state index in [0.29, 0.717) is 30.2 Å². The number of carbonyl (C=O) groups excluding carboxylic acids is 1. The van der Waals surface area contributed by atoms with Gasteiger partial charge >= 0.3 is 0 Å². The van der Waals surface area contributed by atoms with Gasteiger partial charge in [-0.05, 0) is 33.2 Å². The number of aromatic nitrogens is 1. The summed E-state index contributed by atoms with van der Waals surface area (Å²) in [5.74, 6) is 1.11. The fourth-order valence-corrected chi connectivity index (χ4v) is 1.89. The number of ether oxygens (including phenoxy) is 1. The second-order valence-electron chi connectivity index (χ2n) is 5.26. The Balaban J connectivity index is 1.96. The fraction of sp³-hybridized carbons (Fsp3) is 0.375. The van der Waals surface area contributed by atoms with Gasteiger partial charge in [0.1, 0.15) is 23.8 Å². The molecule has 1 amide bonds. The van der Waals surface area contributed by atoms with Crippen LogP contribution >= 0.6 is 0 Å². The SMILES string of the molecule is Cc1cc(CNC(=O)c2ccccc2OCCN(C)C)no1.